The largest absolute Gasteiger partial charge is 0.497 e. The van der Waals surface area contributed by atoms with Crippen molar-refractivity contribution in [3.05, 3.63) is 53.6 Å². The summed E-state index contributed by atoms with van der Waals surface area (Å²) in [6, 6.07) is 14.1. The highest BCUT2D eigenvalue weighted by molar-refractivity contribution is 8.19. The van der Waals surface area contributed by atoms with Gasteiger partial charge in [-0.1, -0.05) is 18.2 Å². The van der Waals surface area contributed by atoms with Crippen LogP contribution in [0, 0.1) is 0 Å². The van der Waals surface area contributed by atoms with Crippen molar-refractivity contribution in [2.24, 2.45) is 0 Å². The van der Waals surface area contributed by atoms with Gasteiger partial charge in [-0.3, -0.25) is 0 Å². The molecule has 3 rings (SSSR count). The van der Waals surface area contributed by atoms with Gasteiger partial charge in [0.05, 0.1) is 18.8 Å². The van der Waals surface area contributed by atoms with Gasteiger partial charge in [-0.05, 0) is 35.4 Å². The fraction of sp³-hybridized carbons (Fsp3) is 0.333. The second kappa shape index (κ2) is 7.88. The predicted octanol–water partition coefficient (Wildman–Crippen LogP) is 4.76. The maximum absolute atomic E-state index is 5.93. The number of benzene rings is 2. The van der Waals surface area contributed by atoms with E-state index in [1.165, 1.54) is 17.1 Å². The zero-order valence-corrected chi connectivity index (χ0v) is 14.9. The molecule has 0 aromatic heterocycles. The molecule has 2 aromatic rings. The van der Waals surface area contributed by atoms with Gasteiger partial charge in [0.2, 0.25) is 0 Å². The van der Waals surface area contributed by atoms with Crippen LogP contribution in [0.4, 0.5) is 0 Å². The maximum atomic E-state index is 5.93. The number of hydrogen-bond acceptors (Lipinski definition) is 5. The molecule has 0 radical (unpaired) electrons. The van der Waals surface area contributed by atoms with Crippen LogP contribution in [0.5, 0.6) is 17.2 Å². The van der Waals surface area contributed by atoms with E-state index in [9.17, 15) is 0 Å². The van der Waals surface area contributed by atoms with Crippen LogP contribution in [-0.4, -0.2) is 25.7 Å². The van der Waals surface area contributed by atoms with Crippen molar-refractivity contribution in [1.29, 1.82) is 0 Å². The van der Waals surface area contributed by atoms with Crippen molar-refractivity contribution in [1.82, 2.24) is 0 Å². The van der Waals surface area contributed by atoms with Crippen molar-refractivity contribution in [3.8, 4) is 17.2 Å². The third kappa shape index (κ3) is 4.09. The molecule has 1 saturated heterocycles. The SMILES string of the molecule is COc1ccc(COc2ccc(C3SCCS3)cc2OC)cc1. The van der Waals surface area contributed by atoms with Crippen LogP contribution in [-0.2, 0) is 6.61 Å². The average Bonchev–Trinajstić information content (AvgIpc) is 3.15. The van der Waals surface area contributed by atoms with Crippen molar-refractivity contribution in [2.45, 2.75) is 11.2 Å². The molecule has 2 aromatic carbocycles. The molecule has 5 heteroatoms. The van der Waals surface area contributed by atoms with Gasteiger partial charge in [0, 0.05) is 11.5 Å². The summed E-state index contributed by atoms with van der Waals surface area (Å²) in [4.78, 5) is 0. The molecule has 0 unspecified atom stereocenters. The van der Waals surface area contributed by atoms with Crippen LogP contribution in [0.3, 0.4) is 0 Å². The number of methoxy groups -OCH3 is 2. The Kier molecular flexibility index (Phi) is 5.62. The van der Waals surface area contributed by atoms with Crippen LogP contribution >= 0.6 is 23.5 Å². The van der Waals surface area contributed by atoms with Gasteiger partial charge in [-0.15, -0.1) is 23.5 Å². The van der Waals surface area contributed by atoms with E-state index < -0.39 is 0 Å². The Balaban J connectivity index is 1.68. The fourth-order valence-electron chi connectivity index (χ4n) is 2.38. The third-order valence-electron chi connectivity index (χ3n) is 3.64. The number of rotatable bonds is 6. The van der Waals surface area contributed by atoms with Gasteiger partial charge in [0.1, 0.15) is 12.4 Å². The van der Waals surface area contributed by atoms with Crippen molar-refractivity contribution < 1.29 is 14.2 Å². The topological polar surface area (TPSA) is 27.7 Å². The Morgan fingerprint density at radius 1 is 0.913 bits per heavy atom. The van der Waals surface area contributed by atoms with Crippen LogP contribution in [0.15, 0.2) is 42.5 Å². The molecule has 122 valence electrons. The number of ether oxygens (including phenoxy) is 3. The minimum atomic E-state index is 0.507. The maximum Gasteiger partial charge on any atom is 0.161 e. The summed E-state index contributed by atoms with van der Waals surface area (Å²) >= 11 is 3.98. The summed E-state index contributed by atoms with van der Waals surface area (Å²) in [5, 5.41) is 0. The van der Waals surface area contributed by atoms with Crippen molar-refractivity contribution in [3.63, 3.8) is 0 Å². The van der Waals surface area contributed by atoms with Gasteiger partial charge in [0.15, 0.2) is 11.5 Å². The molecule has 23 heavy (non-hydrogen) atoms. The summed E-state index contributed by atoms with van der Waals surface area (Å²) in [5.41, 5.74) is 2.39. The molecule has 3 nitrogen and oxygen atoms in total. The van der Waals surface area contributed by atoms with E-state index in [0.717, 1.165) is 22.8 Å². The molecular formula is C18H20O3S2. The third-order valence-corrected chi connectivity index (χ3v) is 6.74. The van der Waals surface area contributed by atoms with E-state index in [-0.39, 0.29) is 0 Å². The molecule has 0 aliphatic carbocycles. The molecule has 0 saturated carbocycles. The van der Waals surface area contributed by atoms with E-state index in [1.54, 1.807) is 14.2 Å². The molecule has 1 aliphatic rings. The summed E-state index contributed by atoms with van der Waals surface area (Å²) in [6.45, 7) is 0.507. The molecule has 0 amide bonds. The Morgan fingerprint density at radius 2 is 1.65 bits per heavy atom. The smallest absolute Gasteiger partial charge is 0.161 e. The molecule has 1 heterocycles. The number of thioether (sulfide) groups is 2. The van der Waals surface area contributed by atoms with E-state index >= 15 is 0 Å². The quantitative estimate of drug-likeness (QED) is 0.750. The summed E-state index contributed by atoms with van der Waals surface area (Å²) in [5.74, 6) is 4.85. The minimum absolute atomic E-state index is 0.507. The first-order valence-electron chi connectivity index (χ1n) is 7.47. The zero-order chi connectivity index (χ0) is 16.1. The van der Waals surface area contributed by atoms with E-state index in [2.05, 4.69) is 12.1 Å². The van der Waals surface area contributed by atoms with Crippen LogP contribution in [0.25, 0.3) is 0 Å². The second-order valence-corrected chi connectivity index (χ2v) is 7.84. The summed E-state index contributed by atoms with van der Waals surface area (Å²) in [7, 11) is 3.35. The lowest BCUT2D eigenvalue weighted by Crippen LogP contribution is -1.99. The Morgan fingerprint density at radius 3 is 2.30 bits per heavy atom. The van der Waals surface area contributed by atoms with Gasteiger partial charge in [-0.2, -0.15) is 0 Å². The highest BCUT2D eigenvalue weighted by atomic mass is 32.2. The van der Waals surface area contributed by atoms with Crippen molar-refractivity contribution in [2.75, 3.05) is 25.7 Å². The van der Waals surface area contributed by atoms with Crippen LogP contribution in [0.1, 0.15) is 15.7 Å². The van der Waals surface area contributed by atoms with E-state index in [4.69, 9.17) is 14.2 Å². The molecule has 1 fully saturated rings. The average molecular weight is 348 g/mol. The standard InChI is InChI=1S/C18H20O3S2/c1-19-15-6-3-13(4-7-15)12-21-16-8-5-14(11-17(16)20-2)18-22-9-10-23-18/h3-8,11,18H,9-10,12H2,1-2H3. The monoisotopic (exact) mass is 348 g/mol. The first-order valence-corrected chi connectivity index (χ1v) is 9.57. The molecule has 0 N–H and O–H groups in total. The minimum Gasteiger partial charge on any atom is -0.497 e. The molecule has 0 spiro atoms. The number of hydrogen-bond donors (Lipinski definition) is 0. The normalized spacial score (nSPS) is 14.7. The lowest BCUT2D eigenvalue weighted by Gasteiger charge is -2.14. The van der Waals surface area contributed by atoms with Crippen molar-refractivity contribution >= 4 is 23.5 Å². The van der Waals surface area contributed by atoms with Gasteiger partial charge in [0.25, 0.3) is 0 Å². The summed E-state index contributed by atoms with van der Waals surface area (Å²) in [6.07, 6.45) is 0. The molecule has 1 aliphatic heterocycles. The van der Waals surface area contributed by atoms with Gasteiger partial charge in [-0.25, -0.2) is 0 Å². The fourth-order valence-corrected chi connectivity index (χ4v) is 5.22. The highest BCUT2D eigenvalue weighted by Crippen LogP contribution is 2.46. The lowest BCUT2D eigenvalue weighted by molar-refractivity contribution is 0.284. The summed E-state index contributed by atoms with van der Waals surface area (Å²) < 4.78 is 17.1. The molecular weight excluding hydrogens is 328 g/mol. The Labute approximate surface area is 145 Å². The van der Waals surface area contributed by atoms with Gasteiger partial charge < -0.3 is 14.2 Å². The highest BCUT2D eigenvalue weighted by Gasteiger charge is 2.19. The van der Waals surface area contributed by atoms with Crippen LogP contribution in [0.2, 0.25) is 0 Å². The molecule has 0 atom stereocenters. The van der Waals surface area contributed by atoms with E-state index in [1.807, 2.05) is 53.9 Å². The molecule has 0 bridgehead atoms. The van der Waals surface area contributed by atoms with Gasteiger partial charge >= 0.3 is 0 Å². The van der Waals surface area contributed by atoms with Crippen LogP contribution < -0.4 is 14.2 Å². The first-order chi connectivity index (χ1) is 11.3. The Hall–Kier alpha value is -1.46. The second-order valence-electron chi connectivity index (χ2n) is 5.12. The predicted molar refractivity (Wildman–Crippen MR) is 98.0 cm³/mol. The Bertz CT molecular complexity index is 637. The lowest BCUT2D eigenvalue weighted by atomic mass is 10.2. The zero-order valence-electron chi connectivity index (χ0n) is 13.3. The first kappa shape index (κ1) is 16.4. The van der Waals surface area contributed by atoms with E-state index in [0.29, 0.717) is 11.2 Å².